The monoisotopic (exact) mass is 443 g/mol. The average molecular weight is 444 g/mol. The number of likely N-dealkylation sites (tertiary alicyclic amines) is 1. The molecule has 3 rings (SSSR count). The maximum atomic E-state index is 13.0. The van der Waals surface area contributed by atoms with Gasteiger partial charge in [-0.15, -0.1) is 0 Å². The molecular formula is C23H26ClN3O2S. The van der Waals surface area contributed by atoms with Crippen LogP contribution in [0.15, 0.2) is 48.5 Å². The van der Waals surface area contributed by atoms with Crippen LogP contribution in [0.1, 0.15) is 42.1 Å². The Morgan fingerprint density at radius 3 is 2.50 bits per heavy atom. The summed E-state index contributed by atoms with van der Waals surface area (Å²) in [5.41, 5.74) is 2.07. The van der Waals surface area contributed by atoms with E-state index in [9.17, 15) is 9.59 Å². The van der Waals surface area contributed by atoms with E-state index in [2.05, 4.69) is 17.6 Å². The van der Waals surface area contributed by atoms with Crippen molar-refractivity contribution in [2.45, 2.75) is 32.6 Å². The molecule has 158 valence electrons. The van der Waals surface area contributed by atoms with E-state index in [0.717, 1.165) is 31.5 Å². The lowest BCUT2D eigenvalue weighted by Gasteiger charge is -2.30. The highest BCUT2D eigenvalue weighted by Crippen LogP contribution is 2.22. The SMILES string of the molecule is CC1CCN(C(=O)c2ccccc2NC(=S)NC(=O)CCc2ccccc2Cl)CC1. The topological polar surface area (TPSA) is 61.4 Å². The third kappa shape index (κ3) is 6.03. The number of nitrogens with zero attached hydrogens (tertiary/aromatic N) is 1. The van der Waals surface area contributed by atoms with Gasteiger partial charge < -0.3 is 15.5 Å². The van der Waals surface area contributed by atoms with Gasteiger partial charge in [0.2, 0.25) is 5.91 Å². The van der Waals surface area contributed by atoms with Crippen molar-refractivity contribution in [2.75, 3.05) is 18.4 Å². The Balaban J connectivity index is 1.57. The van der Waals surface area contributed by atoms with Gasteiger partial charge in [0.1, 0.15) is 0 Å². The maximum absolute atomic E-state index is 13.0. The minimum atomic E-state index is -0.207. The second-order valence-corrected chi connectivity index (χ2v) is 8.43. The van der Waals surface area contributed by atoms with Crippen LogP contribution in [0, 0.1) is 5.92 Å². The Labute approximate surface area is 187 Å². The fourth-order valence-corrected chi connectivity index (χ4v) is 3.91. The summed E-state index contributed by atoms with van der Waals surface area (Å²) in [6, 6.07) is 14.7. The van der Waals surface area contributed by atoms with E-state index >= 15 is 0 Å². The first-order valence-corrected chi connectivity index (χ1v) is 10.9. The van der Waals surface area contributed by atoms with Crippen molar-refractivity contribution in [1.29, 1.82) is 0 Å². The first kappa shape index (κ1) is 22.2. The third-order valence-electron chi connectivity index (χ3n) is 5.31. The Kier molecular flexibility index (Phi) is 7.82. The van der Waals surface area contributed by atoms with Gasteiger partial charge in [-0.05, 0) is 61.2 Å². The van der Waals surface area contributed by atoms with Gasteiger partial charge in [-0.2, -0.15) is 0 Å². The zero-order valence-corrected chi connectivity index (χ0v) is 18.6. The Bertz CT molecular complexity index is 926. The number of aryl methyl sites for hydroxylation is 1. The first-order valence-electron chi connectivity index (χ1n) is 10.2. The van der Waals surface area contributed by atoms with Gasteiger partial charge in [-0.3, -0.25) is 9.59 Å². The third-order valence-corrected chi connectivity index (χ3v) is 5.88. The van der Waals surface area contributed by atoms with Crippen molar-refractivity contribution in [3.63, 3.8) is 0 Å². The predicted octanol–water partition coefficient (Wildman–Crippen LogP) is 4.66. The van der Waals surface area contributed by atoms with Crippen molar-refractivity contribution in [3.8, 4) is 0 Å². The second kappa shape index (κ2) is 10.5. The summed E-state index contributed by atoms with van der Waals surface area (Å²) in [5, 5.41) is 6.51. The molecule has 0 saturated carbocycles. The lowest BCUT2D eigenvalue weighted by Crippen LogP contribution is -2.39. The normalized spacial score (nSPS) is 14.3. The largest absolute Gasteiger partial charge is 0.339 e. The van der Waals surface area contributed by atoms with E-state index < -0.39 is 0 Å². The van der Waals surface area contributed by atoms with Crippen molar-refractivity contribution >= 4 is 46.4 Å². The maximum Gasteiger partial charge on any atom is 0.255 e. The number of nitrogens with one attached hydrogen (secondary N) is 2. The number of para-hydroxylation sites is 1. The average Bonchev–Trinajstić information content (AvgIpc) is 2.73. The first-order chi connectivity index (χ1) is 14.4. The molecule has 30 heavy (non-hydrogen) atoms. The van der Waals surface area contributed by atoms with Crippen LogP contribution < -0.4 is 10.6 Å². The van der Waals surface area contributed by atoms with E-state index in [0.29, 0.717) is 28.6 Å². The fourth-order valence-electron chi connectivity index (χ4n) is 3.45. The number of benzene rings is 2. The summed E-state index contributed by atoms with van der Waals surface area (Å²) >= 11 is 11.4. The highest BCUT2D eigenvalue weighted by molar-refractivity contribution is 7.80. The van der Waals surface area contributed by atoms with Crippen LogP contribution in [0.2, 0.25) is 5.02 Å². The van der Waals surface area contributed by atoms with Crippen molar-refractivity contribution < 1.29 is 9.59 Å². The van der Waals surface area contributed by atoms with Crippen LogP contribution in [0.25, 0.3) is 0 Å². The summed E-state index contributed by atoms with van der Waals surface area (Å²) in [6.45, 7) is 3.74. The molecule has 1 saturated heterocycles. The predicted molar refractivity (Wildman–Crippen MR) is 125 cm³/mol. The standard InChI is InChI=1S/C23H26ClN3O2S/c1-16-12-14-27(15-13-16)22(29)18-7-3-5-9-20(18)25-23(30)26-21(28)11-10-17-6-2-4-8-19(17)24/h2-9,16H,10-15H2,1H3,(H2,25,26,28,30). The molecule has 7 heteroatoms. The van der Waals surface area contributed by atoms with Gasteiger partial charge in [-0.1, -0.05) is 48.9 Å². The summed E-state index contributed by atoms with van der Waals surface area (Å²) in [7, 11) is 0. The minimum Gasteiger partial charge on any atom is -0.339 e. The summed E-state index contributed by atoms with van der Waals surface area (Å²) in [6.07, 6.45) is 2.82. The number of hydrogen-bond acceptors (Lipinski definition) is 3. The second-order valence-electron chi connectivity index (χ2n) is 7.61. The van der Waals surface area contributed by atoms with Crippen LogP contribution in [0.3, 0.4) is 0 Å². The van der Waals surface area contributed by atoms with E-state index in [4.69, 9.17) is 23.8 Å². The zero-order chi connectivity index (χ0) is 21.5. The lowest BCUT2D eigenvalue weighted by molar-refractivity contribution is -0.119. The fraction of sp³-hybridized carbons (Fsp3) is 0.348. The number of thiocarbonyl (C=S) groups is 1. The van der Waals surface area contributed by atoms with Crippen LogP contribution in [0.5, 0.6) is 0 Å². The molecule has 1 fully saturated rings. The van der Waals surface area contributed by atoms with Crippen LogP contribution in [-0.4, -0.2) is 34.9 Å². The van der Waals surface area contributed by atoms with E-state index in [-0.39, 0.29) is 23.3 Å². The Morgan fingerprint density at radius 2 is 1.77 bits per heavy atom. The Morgan fingerprint density at radius 1 is 1.10 bits per heavy atom. The van der Waals surface area contributed by atoms with Crippen LogP contribution in [-0.2, 0) is 11.2 Å². The molecule has 0 aliphatic carbocycles. The number of hydrogen-bond donors (Lipinski definition) is 2. The zero-order valence-electron chi connectivity index (χ0n) is 17.0. The smallest absolute Gasteiger partial charge is 0.255 e. The summed E-state index contributed by atoms with van der Waals surface area (Å²) in [5.74, 6) is 0.426. The van der Waals surface area contributed by atoms with Crippen molar-refractivity contribution in [1.82, 2.24) is 10.2 Å². The van der Waals surface area contributed by atoms with Gasteiger partial charge in [0, 0.05) is 24.5 Å². The van der Waals surface area contributed by atoms with E-state index in [1.165, 1.54) is 0 Å². The van der Waals surface area contributed by atoms with Gasteiger partial charge in [0.15, 0.2) is 5.11 Å². The molecule has 1 aliphatic heterocycles. The quantitative estimate of drug-likeness (QED) is 0.660. The minimum absolute atomic E-state index is 0.0159. The number of halogens is 1. The van der Waals surface area contributed by atoms with Gasteiger partial charge >= 0.3 is 0 Å². The van der Waals surface area contributed by atoms with Crippen molar-refractivity contribution in [3.05, 3.63) is 64.7 Å². The number of carbonyl (C=O) groups excluding carboxylic acids is 2. The number of amides is 2. The summed E-state index contributed by atoms with van der Waals surface area (Å²) < 4.78 is 0. The molecule has 2 aromatic carbocycles. The van der Waals surface area contributed by atoms with Gasteiger partial charge in [0.05, 0.1) is 11.3 Å². The van der Waals surface area contributed by atoms with Crippen LogP contribution in [0.4, 0.5) is 5.69 Å². The molecule has 2 aromatic rings. The molecule has 0 spiro atoms. The molecule has 0 atom stereocenters. The number of piperidine rings is 1. The molecule has 0 radical (unpaired) electrons. The Hall–Kier alpha value is -2.44. The molecular weight excluding hydrogens is 418 g/mol. The highest BCUT2D eigenvalue weighted by atomic mass is 35.5. The van der Waals surface area contributed by atoms with Gasteiger partial charge in [0.25, 0.3) is 5.91 Å². The van der Waals surface area contributed by atoms with E-state index in [1.807, 2.05) is 35.2 Å². The molecule has 0 bridgehead atoms. The lowest BCUT2D eigenvalue weighted by atomic mass is 9.98. The number of rotatable bonds is 5. The van der Waals surface area contributed by atoms with Crippen molar-refractivity contribution in [2.24, 2.45) is 5.92 Å². The number of anilines is 1. The van der Waals surface area contributed by atoms with Gasteiger partial charge in [-0.25, -0.2) is 0 Å². The van der Waals surface area contributed by atoms with Crippen LogP contribution >= 0.6 is 23.8 Å². The molecule has 1 heterocycles. The molecule has 2 N–H and O–H groups in total. The number of carbonyl (C=O) groups is 2. The molecule has 0 unspecified atom stereocenters. The molecule has 2 amide bonds. The molecule has 5 nitrogen and oxygen atoms in total. The molecule has 1 aliphatic rings. The molecule has 0 aromatic heterocycles. The highest BCUT2D eigenvalue weighted by Gasteiger charge is 2.23. The summed E-state index contributed by atoms with van der Waals surface area (Å²) in [4.78, 5) is 27.1. The van der Waals surface area contributed by atoms with E-state index in [1.54, 1.807) is 18.2 Å².